The molecule has 0 aliphatic heterocycles. The number of thiazole rings is 1. The highest BCUT2D eigenvalue weighted by Gasteiger charge is 2.23. The van der Waals surface area contributed by atoms with E-state index in [4.69, 9.17) is 19.2 Å². The summed E-state index contributed by atoms with van der Waals surface area (Å²) < 4.78 is 17.6. The number of fused-ring (bicyclic) bond motifs is 1. The Labute approximate surface area is 205 Å². The average Bonchev–Trinajstić information content (AvgIpc) is 3.22. The normalized spacial score (nSPS) is 10.9. The summed E-state index contributed by atoms with van der Waals surface area (Å²) >= 11 is 1.41. The molecule has 0 N–H and O–H groups in total. The van der Waals surface area contributed by atoms with Gasteiger partial charge in [-0.05, 0) is 49.8 Å². The number of hydrogen-bond acceptors (Lipinski definition) is 7. The number of halogens is 1. The van der Waals surface area contributed by atoms with E-state index in [9.17, 15) is 4.79 Å². The summed E-state index contributed by atoms with van der Waals surface area (Å²) in [5, 5.41) is 0.591. The maximum absolute atomic E-state index is 13.2. The summed E-state index contributed by atoms with van der Waals surface area (Å²) in [6.45, 7) is 5.40. The summed E-state index contributed by atoms with van der Waals surface area (Å²) in [4.78, 5) is 21.6. The Morgan fingerprint density at radius 2 is 1.64 bits per heavy atom. The van der Waals surface area contributed by atoms with Gasteiger partial charge in [0.2, 0.25) is 0 Å². The largest absolute Gasteiger partial charge is 0.495 e. The van der Waals surface area contributed by atoms with Gasteiger partial charge < -0.3 is 19.1 Å². The van der Waals surface area contributed by atoms with Crippen molar-refractivity contribution in [2.75, 3.05) is 52.9 Å². The van der Waals surface area contributed by atoms with E-state index in [2.05, 4.69) is 13.8 Å². The SMILES string of the molecule is COc1ccc(OC)c2sc(N(CCN(C)C)C(=O)COc3ccc(C(C)C)cc3)nc12.Cl. The van der Waals surface area contributed by atoms with E-state index in [-0.39, 0.29) is 24.9 Å². The Morgan fingerprint density at radius 3 is 2.21 bits per heavy atom. The molecule has 2 aromatic carbocycles. The van der Waals surface area contributed by atoms with E-state index in [0.717, 1.165) is 4.70 Å². The van der Waals surface area contributed by atoms with E-state index < -0.39 is 0 Å². The predicted octanol–water partition coefficient (Wildman–Crippen LogP) is 4.83. The predicted molar refractivity (Wildman–Crippen MR) is 137 cm³/mol. The molecule has 3 rings (SSSR count). The van der Waals surface area contributed by atoms with Gasteiger partial charge in [-0.25, -0.2) is 4.98 Å². The number of ether oxygens (including phenoxy) is 3. The van der Waals surface area contributed by atoms with E-state index in [1.807, 2.05) is 55.4 Å². The van der Waals surface area contributed by atoms with Crippen LogP contribution in [0.1, 0.15) is 25.3 Å². The smallest absolute Gasteiger partial charge is 0.266 e. The number of carbonyl (C=O) groups excluding carboxylic acids is 1. The number of anilines is 1. The van der Waals surface area contributed by atoms with Crippen LogP contribution in [0, 0.1) is 0 Å². The van der Waals surface area contributed by atoms with Crippen LogP contribution in [-0.2, 0) is 4.79 Å². The molecule has 0 radical (unpaired) electrons. The third-order valence-corrected chi connectivity index (χ3v) is 6.20. The summed E-state index contributed by atoms with van der Waals surface area (Å²) in [6.07, 6.45) is 0. The van der Waals surface area contributed by atoms with Crippen molar-refractivity contribution in [1.82, 2.24) is 9.88 Å². The topological polar surface area (TPSA) is 64.1 Å². The average molecular weight is 494 g/mol. The lowest BCUT2D eigenvalue weighted by Gasteiger charge is -2.22. The molecule has 0 saturated heterocycles. The minimum atomic E-state index is -0.156. The number of hydrogen-bond donors (Lipinski definition) is 0. The van der Waals surface area contributed by atoms with Crippen molar-refractivity contribution in [2.45, 2.75) is 19.8 Å². The van der Waals surface area contributed by atoms with Crippen LogP contribution in [0.2, 0.25) is 0 Å². The number of rotatable bonds is 10. The zero-order valence-corrected chi connectivity index (χ0v) is 21.6. The Balaban J connectivity index is 0.00000385. The van der Waals surface area contributed by atoms with Crippen LogP contribution in [0.25, 0.3) is 10.2 Å². The van der Waals surface area contributed by atoms with Gasteiger partial charge in [0.05, 0.1) is 14.2 Å². The first-order chi connectivity index (χ1) is 15.3. The number of nitrogens with zero attached hydrogens (tertiary/aromatic N) is 3. The van der Waals surface area contributed by atoms with Gasteiger partial charge in [0, 0.05) is 13.1 Å². The lowest BCUT2D eigenvalue weighted by atomic mass is 10.0. The number of benzene rings is 2. The van der Waals surface area contributed by atoms with Crippen molar-refractivity contribution >= 4 is 45.0 Å². The first kappa shape index (κ1) is 26.7. The standard InChI is InChI=1S/C24H31N3O4S.ClH/c1-16(2)17-7-9-18(10-8-17)31-15-21(28)27(14-13-26(3)4)24-25-22-19(29-5)11-12-20(30-6)23(22)32-24;/h7-12,16H,13-15H2,1-6H3;1H. The molecule has 0 bridgehead atoms. The zero-order valence-electron chi connectivity index (χ0n) is 20.0. The third-order valence-electron chi connectivity index (χ3n) is 5.11. The van der Waals surface area contributed by atoms with Gasteiger partial charge in [0.15, 0.2) is 11.7 Å². The molecule has 9 heteroatoms. The fourth-order valence-electron chi connectivity index (χ4n) is 3.19. The fourth-order valence-corrected chi connectivity index (χ4v) is 4.31. The highest BCUT2D eigenvalue weighted by Crippen LogP contribution is 2.40. The van der Waals surface area contributed by atoms with E-state index in [1.54, 1.807) is 19.1 Å². The van der Waals surface area contributed by atoms with Crippen LogP contribution in [0.15, 0.2) is 36.4 Å². The highest BCUT2D eigenvalue weighted by molar-refractivity contribution is 7.22. The van der Waals surface area contributed by atoms with Gasteiger partial charge in [0.1, 0.15) is 27.5 Å². The lowest BCUT2D eigenvalue weighted by molar-refractivity contribution is -0.120. The van der Waals surface area contributed by atoms with Gasteiger partial charge in [-0.3, -0.25) is 9.69 Å². The molecule has 0 aliphatic rings. The van der Waals surface area contributed by atoms with Crippen LogP contribution >= 0.6 is 23.7 Å². The second-order valence-corrected chi connectivity index (χ2v) is 8.98. The van der Waals surface area contributed by atoms with Crippen LogP contribution in [0.3, 0.4) is 0 Å². The molecule has 180 valence electrons. The molecule has 1 heterocycles. The Kier molecular flexibility index (Phi) is 9.76. The van der Waals surface area contributed by atoms with E-state index in [1.165, 1.54) is 16.9 Å². The molecule has 0 saturated carbocycles. The number of amides is 1. The number of carbonyl (C=O) groups is 1. The van der Waals surface area contributed by atoms with Crippen molar-refractivity contribution in [1.29, 1.82) is 0 Å². The van der Waals surface area contributed by atoms with E-state index in [0.29, 0.717) is 46.9 Å². The summed E-state index contributed by atoms with van der Waals surface area (Å²) in [5.41, 5.74) is 1.91. The molecule has 0 atom stereocenters. The minimum Gasteiger partial charge on any atom is -0.495 e. The van der Waals surface area contributed by atoms with E-state index >= 15 is 0 Å². The van der Waals surface area contributed by atoms with Gasteiger partial charge in [-0.1, -0.05) is 37.3 Å². The second-order valence-electron chi connectivity index (χ2n) is 8.01. The number of methoxy groups -OCH3 is 2. The quantitative estimate of drug-likeness (QED) is 0.403. The summed E-state index contributed by atoms with van der Waals surface area (Å²) in [6, 6.07) is 11.5. The molecule has 1 amide bonds. The molecular weight excluding hydrogens is 462 g/mol. The third kappa shape index (κ3) is 6.50. The Hall–Kier alpha value is -2.55. The Morgan fingerprint density at radius 1 is 1.00 bits per heavy atom. The van der Waals surface area contributed by atoms with Crippen molar-refractivity contribution < 1.29 is 19.0 Å². The van der Waals surface area contributed by atoms with Gasteiger partial charge in [0.25, 0.3) is 5.91 Å². The molecule has 33 heavy (non-hydrogen) atoms. The highest BCUT2D eigenvalue weighted by atomic mass is 35.5. The van der Waals surface area contributed by atoms with Crippen molar-refractivity contribution in [3.05, 3.63) is 42.0 Å². The molecule has 7 nitrogen and oxygen atoms in total. The molecule has 0 aliphatic carbocycles. The van der Waals surface area contributed by atoms with Gasteiger partial charge in [-0.15, -0.1) is 12.4 Å². The summed E-state index contributed by atoms with van der Waals surface area (Å²) in [7, 11) is 7.17. The van der Waals surface area contributed by atoms with Crippen LogP contribution in [0.4, 0.5) is 5.13 Å². The molecule has 0 fully saturated rings. The second kappa shape index (κ2) is 12.1. The molecule has 0 unspecified atom stereocenters. The summed E-state index contributed by atoms with van der Waals surface area (Å²) in [5.74, 6) is 2.30. The maximum Gasteiger partial charge on any atom is 0.266 e. The number of aromatic nitrogens is 1. The maximum atomic E-state index is 13.2. The van der Waals surface area contributed by atoms with Crippen molar-refractivity contribution in [3.8, 4) is 17.2 Å². The number of likely N-dealkylation sites (N-methyl/N-ethyl adjacent to an activating group) is 1. The van der Waals surface area contributed by atoms with Gasteiger partial charge in [-0.2, -0.15) is 0 Å². The zero-order chi connectivity index (χ0) is 23.3. The van der Waals surface area contributed by atoms with Crippen molar-refractivity contribution in [3.63, 3.8) is 0 Å². The molecular formula is C24H32ClN3O4S. The first-order valence-electron chi connectivity index (χ1n) is 10.5. The molecule has 1 aromatic heterocycles. The fraction of sp³-hybridized carbons (Fsp3) is 0.417. The van der Waals surface area contributed by atoms with Crippen molar-refractivity contribution in [2.24, 2.45) is 0 Å². The van der Waals surface area contributed by atoms with Crippen LogP contribution in [0.5, 0.6) is 17.2 Å². The lowest BCUT2D eigenvalue weighted by Crippen LogP contribution is -2.39. The molecule has 0 spiro atoms. The minimum absolute atomic E-state index is 0. The van der Waals surface area contributed by atoms with Crippen LogP contribution < -0.4 is 19.1 Å². The Bertz CT molecular complexity index is 1010. The molecule has 3 aromatic rings. The first-order valence-corrected chi connectivity index (χ1v) is 11.3. The van der Waals surface area contributed by atoms with Gasteiger partial charge >= 0.3 is 0 Å². The van der Waals surface area contributed by atoms with Crippen LogP contribution in [-0.4, -0.2) is 63.8 Å². The monoisotopic (exact) mass is 493 g/mol.